The van der Waals surface area contributed by atoms with Gasteiger partial charge in [0, 0.05) is 16.6 Å². The molecule has 0 saturated heterocycles. The third-order valence-corrected chi connectivity index (χ3v) is 4.75. The molecule has 24 heavy (non-hydrogen) atoms. The normalized spacial score (nSPS) is 11.1. The summed E-state index contributed by atoms with van der Waals surface area (Å²) in [6, 6.07) is 25.4. The van der Waals surface area contributed by atoms with Crippen LogP contribution in [0, 0.1) is 6.92 Å². The number of aryl methyl sites for hydroxylation is 1. The average molecular weight is 377 g/mol. The predicted octanol–water partition coefficient (Wildman–Crippen LogP) is 5.82. The van der Waals surface area contributed by atoms with Gasteiger partial charge in [0.2, 0.25) is 0 Å². The number of rotatable bonds is 3. The third-order valence-electron chi connectivity index (χ3n) is 4.22. The van der Waals surface area contributed by atoms with E-state index in [1.54, 1.807) is 0 Å². The standard InChI is InChI=1S/C21H17BrN2/c1-15-6-10-17(11-7-15)21-23-19-4-2-3-5-20(19)24(21)14-16-8-12-18(22)13-9-16/h2-13H,14H2,1H3. The van der Waals surface area contributed by atoms with Crippen LogP contribution in [0.2, 0.25) is 0 Å². The number of para-hydroxylation sites is 2. The van der Waals surface area contributed by atoms with Gasteiger partial charge in [-0.2, -0.15) is 0 Å². The van der Waals surface area contributed by atoms with E-state index in [4.69, 9.17) is 4.98 Å². The van der Waals surface area contributed by atoms with Crippen molar-refractivity contribution >= 4 is 27.0 Å². The molecule has 1 heterocycles. The highest BCUT2D eigenvalue weighted by atomic mass is 79.9. The van der Waals surface area contributed by atoms with E-state index in [1.807, 2.05) is 6.07 Å². The maximum Gasteiger partial charge on any atom is 0.141 e. The second kappa shape index (κ2) is 6.25. The molecule has 0 radical (unpaired) electrons. The van der Waals surface area contributed by atoms with Gasteiger partial charge >= 0.3 is 0 Å². The number of fused-ring (bicyclic) bond motifs is 1. The lowest BCUT2D eigenvalue weighted by Gasteiger charge is -2.10. The number of hydrogen-bond acceptors (Lipinski definition) is 1. The van der Waals surface area contributed by atoms with E-state index in [0.29, 0.717) is 0 Å². The first-order chi connectivity index (χ1) is 11.7. The molecule has 0 atom stereocenters. The molecule has 4 rings (SSSR count). The van der Waals surface area contributed by atoms with Gasteiger partial charge in [-0.3, -0.25) is 0 Å². The summed E-state index contributed by atoms with van der Waals surface area (Å²) in [6.45, 7) is 2.91. The molecule has 0 aliphatic carbocycles. The molecule has 0 unspecified atom stereocenters. The number of halogens is 1. The first-order valence-corrected chi connectivity index (χ1v) is 8.77. The zero-order valence-electron chi connectivity index (χ0n) is 13.4. The van der Waals surface area contributed by atoms with Gasteiger partial charge in [-0.05, 0) is 36.8 Å². The van der Waals surface area contributed by atoms with Gasteiger partial charge in [-0.1, -0.05) is 70.0 Å². The molecule has 0 amide bonds. The van der Waals surface area contributed by atoms with E-state index < -0.39 is 0 Å². The zero-order chi connectivity index (χ0) is 16.5. The molecule has 0 fully saturated rings. The van der Waals surface area contributed by atoms with Gasteiger partial charge in [0.05, 0.1) is 11.0 Å². The van der Waals surface area contributed by atoms with Crippen molar-refractivity contribution in [1.82, 2.24) is 9.55 Å². The number of imidazole rings is 1. The molecule has 118 valence electrons. The third kappa shape index (κ3) is 2.87. The number of benzene rings is 3. The predicted molar refractivity (Wildman–Crippen MR) is 103 cm³/mol. The molecule has 3 aromatic carbocycles. The van der Waals surface area contributed by atoms with Crippen LogP contribution in [-0.4, -0.2) is 9.55 Å². The fourth-order valence-electron chi connectivity index (χ4n) is 2.93. The smallest absolute Gasteiger partial charge is 0.141 e. The van der Waals surface area contributed by atoms with Crippen LogP contribution in [0.4, 0.5) is 0 Å². The maximum absolute atomic E-state index is 4.88. The Hall–Kier alpha value is -2.39. The van der Waals surface area contributed by atoms with Gasteiger partial charge < -0.3 is 4.57 Å². The highest BCUT2D eigenvalue weighted by Gasteiger charge is 2.12. The summed E-state index contributed by atoms with van der Waals surface area (Å²) >= 11 is 3.50. The fourth-order valence-corrected chi connectivity index (χ4v) is 3.20. The van der Waals surface area contributed by atoms with Crippen molar-refractivity contribution in [3.63, 3.8) is 0 Å². The number of hydrogen-bond donors (Lipinski definition) is 0. The monoisotopic (exact) mass is 376 g/mol. The number of nitrogens with zero attached hydrogens (tertiary/aromatic N) is 2. The van der Waals surface area contributed by atoms with E-state index in [-0.39, 0.29) is 0 Å². The molecule has 4 aromatic rings. The quantitative estimate of drug-likeness (QED) is 0.440. The summed E-state index contributed by atoms with van der Waals surface area (Å²) in [5.74, 6) is 1.01. The van der Waals surface area contributed by atoms with Gasteiger partial charge in [0.15, 0.2) is 0 Å². The van der Waals surface area contributed by atoms with Crippen LogP contribution in [0.25, 0.3) is 22.4 Å². The van der Waals surface area contributed by atoms with Crippen LogP contribution in [0.5, 0.6) is 0 Å². The van der Waals surface area contributed by atoms with Gasteiger partial charge in [0.1, 0.15) is 5.82 Å². The molecule has 3 heteroatoms. The van der Waals surface area contributed by atoms with E-state index in [0.717, 1.165) is 33.4 Å². The van der Waals surface area contributed by atoms with E-state index in [9.17, 15) is 0 Å². The minimum atomic E-state index is 0.803. The second-order valence-corrected chi connectivity index (χ2v) is 6.92. The van der Waals surface area contributed by atoms with Crippen LogP contribution in [0.1, 0.15) is 11.1 Å². The second-order valence-electron chi connectivity index (χ2n) is 6.00. The summed E-state index contributed by atoms with van der Waals surface area (Å²) in [7, 11) is 0. The lowest BCUT2D eigenvalue weighted by Crippen LogP contribution is -2.02. The Bertz CT molecular complexity index is 983. The summed E-state index contributed by atoms with van der Waals surface area (Å²) in [5.41, 5.74) is 5.86. The first-order valence-electron chi connectivity index (χ1n) is 7.97. The van der Waals surface area contributed by atoms with Crippen LogP contribution in [0.15, 0.2) is 77.3 Å². The Kier molecular flexibility index (Phi) is 3.95. The van der Waals surface area contributed by atoms with Gasteiger partial charge in [-0.15, -0.1) is 0 Å². The highest BCUT2D eigenvalue weighted by Crippen LogP contribution is 2.26. The molecule has 0 spiro atoms. The molecule has 0 aliphatic rings. The molecule has 0 aliphatic heterocycles. The van der Waals surface area contributed by atoms with Crippen LogP contribution >= 0.6 is 15.9 Å². The maximum atomic E-state index is 4.88. The molecule has 0 N–H and O–H groups in total. The van der Waals surface area contributed by atoms with Crippen molar-refractivity contribution in [3.8, 4) is 11.4 Å². The summed E-state index contributed by atoms with van der Waals surface area (Å²) < 4.78 is 3.39. The Morgan fingerprint density at radius 1 is 0.875 bits per heavy atom. The van der Waals surface area contributed by atoms with Crippen molar-refractivity contribution < 1.29 is 0 Å². The minimum absolute atomic E-state index is 0.803. The lowest BCUT2D eigenvalue weighted by atomic mass is 10.1. The summed E-state index contributed by atoms with van der Waals surface area (Å²) in [5, 5.41) is 0. The van der Waals surface area contributed by atoms with Crippen LogP contribution in [-0.2, 0) is 6.54 Å². The van der Waals surface area contributed by atoms with E-state index in [2.05, 4.69) is 94.2 Å². The highest BCUT2D eigenvalue weighted by molar-refractivity contribution is 9.10. The van der Waals surface area contributed by atoms with Crippen LogP contribution < -0.4 is 0 Å². The topological polar surface area (TPSA) is 17.8 Å². The summed E-state index contributed by atoms with van der Waals surface area (Å²) in [6.07, 6.45) is 0. The number of aromatic nitrogens is 2. The molecular weight excluding hydrogens is 360 g/mol. The molecule has 0 bridgehead atoms. The zero-order valence-corrected chi connectivity index (χ0v) is 15.0. The molecule has 0 saturated carbocycles. The van der Waals surface area contributed by atoms with Crippen molar-refractivity contribution in [2.45, 2.75) is 13.5 Å². The summed E-state index contributed by atoms with van der Waals surface area (Å²) in [4.78, 5) is 4.88. The molecule has 2 nitrogen and oxygen atoms in total. The van der Waals surface area contributed by atoms with Crippen molar-refractivity contribution in [1.29, 1.82) is 0 Å². The van der Waals surface area contributed by atoms with E-state index >= 15 is 0 Å². The first kappa shape index (κ1) is 15.2. The Labute approximate surface area is 149 Å². The van der Waals surface area contributed by atoms with Crippen molar-refractivity contribution in [3.05, 3.63) is 88.4 Å². The van der Waals surface area contributed by atoms with Gasteiger partial charge in [0.25, 0.3) is 0 Å². The Morgan fingerprint density at radius 3 is 2.33 bits per heavy atom. The Balaban J connectivity index is 1.86. The SMILES string of the molecule is Cc1ccc(-c2nc3ccccc3n2Cc2ccc(Br)cc2)cc1. The van der Waals surface area contributed by atoms with Gasteiger partial charge in [-0.25, -0.2) is 4.98 Å². The van der Waals surface area contributed by atoms with Crippen molar-refractivity contribution in [2.75, 3.05) is 0 Å². The molecule has 1 aromatic heterocycles. The Morgan fingerprint density at radius 2 is 1.58 bits per heavy atom. The van der Waals surface area contributed by atoms with Crippen LogP contribution in [0.3, 0.4) is 0 Å². The average Bonchev–Trinajstić information content (AvgIpc) is 2.96. The van der Waals surface area contributed by atoms with E-state index in [1.165, 1.54) is 11.1 Å². The fraction of sp³-hybridized carbons (Fsp3) is 0.0952. The lowest BCUT2D eigenvalue weighted by molar-refractivity contribution is 0.834. The molecular formula is C21H17BrN2. The van der Waals surface area contributed by atoms with Crippen molar-refractivity contribution in [2.24, 2.45) is 0 Å². The minimum Gasteiger partial charge on any atom is -0.319 e. The largest absolute Gasteiger partial charge is 0.319 e.